The molecule has 0 radical (unpaired) electrons. The van der Waals surface area contributed by atoms with E-state index in [1.807, 2.05) is 25.1 Å². The first kappa shape index (κ1) is 26.8. The van der Waals surface area contributed by atoms with E-state index < -0.39 is 23.6 Å². The largest absolute Gasteiger partial charge is 0.493 e. The lowest BCUT2D eigenvalue weighted by Gasteiger charge is -2.34. The van der Waals surface area contributed by atoms with Crippen molar-refractivity contribution in [2.75, 3.05) is 20.2 Å². The molecular weight excluding hydrogens is 458 g/mol. The molecule has 3 aliphatic rings. The number of hydrogen-bond acceptors (Lipinski definition) is 6. The van der Waals surface area contributed by atoms with Gasteiger partial charge >= 0.3 is 5.97 Å². The predicted molar refractivity (Wildman–Crippen MR) is 137 cm³/mol. The summed E-state index contributed by atoms with van der Waals surface area (Å²) in [5.41, 5.74) is 0.464. The van der Waals surface area contributed by atoms with Crippen LogP contribution in [0.4, 0.5) is 0 Å². The first-order chi connectivity index (χ1) is 17.2. The van der Waals surface area contributed by atoms with Gasteiger partial charge in [-0.3, -0.25) is 9.59 Å². The van der Waals surface area contributed by atoms with Gasteiger partial charge in [0.05, 0.1) is 19.3 Å². The summed E-state index contributed by atoms with van der Waals surface area (Å²) >= 11 is 0. The summed E-state index contributed by atoms with van der Waals surface area (Å²) in [7, 11) is 1.65. The van der Waals surface area contributed by atoms with Crippen molar-refractivity contribution in [3.05, 3.63) is 23.8 Å². The van der Waals surface area contributed by atoms with Gasteiger partial charge in [-0.2, -0.15) is 0 Å². The number of methoxy groups -OCH3 is 1. The fourth-order valence-electron chi connectivity index (χ4n) is 6.42. The summed E-state index contributed by atoms with van der Waals surface area (Å²) in [4.78, 5) is 27.5. The van der Waals surface area contributed by atoms with Crippen LogP contribution in [-0.2, 0) is 14.3 Å². The molecule has 7 heteroatoms. The Kier molecular flexibility index (Phi) is 8.48. The van der Waals surface area contributed by atoms with Crippen molar-refractivity contribution in [1.82, 2.24) is 4.90 Å². The number of nitrogens with zero attached hydrogens (tertiary/aromatic N) is 1. The molecule has 7 nitrogen and oxygen atoms in total. The van der Waals surface area contributed by atoms with Gasteiger partial charge in [0.15, 0.2) is 17.6 Å². The van der Waals surface area contributed by atoms with Gasteiger partial charge in [0.2, 0.25) is 0 Å². The molecule has 1 aromatic rings. The zero-order valence-electron chi connectivity index (χ0n) is 22.3. The van der Waals surface area contributed by atoms with E-state index in [0.717, 1.165) is 56.3 Å². The van der Waals surface area contributed by atoms with Crippen molar-refractivity contribution in [1.29, 1.82) is 0 Å². The molecule has 2 saturated carbocycles. The quantitative estimate of drug-likeness (QED) is 0.513. The summed E-state index contributed by atoms with van der Waals surface area (Å²) in [5, 5.41) is 10.9. The lowest BCUT2D eigenvalue weighted by Crippen LogP contribution is -2.46. The van der Waals surface area contributed by atoms with E-state index in [4.69, 9.17) is 14.2 Å². The summed E-state index contributed by atoms with van der Waals surface area (Å²) in [6, 6.07) is 5.97. The minimum atomic E-state index is -0.753. The van der Waals surface area contributed by atoms with Gasteiger partial charge in [0.25, 0.3) is 5.91 Å². The fourth-order valence-corrected chi connectivity index (χ4v) is 6.42. The van der Waals surface area contributed by atoms with Crippen LogP contribution in [0.15, 0.2) is 18.2 Å². The molecule has 2 aliphatic carbocycles. The molecule has 1 unspecified atom stereocenters. The average molecular weight is 502 g/mol. The normalized spacial score (nSPS) is 27.0. The number of likely N-dealkylation sites (tertiary alicyclic amines) is 1. The van der Waals surface area contributed by atoms with E-state index in [0.29, 0.717) is 18.8 Å². The average Bonchev–Trinajstić information content (AvgIpc) is 3.51. The first-order valence-corrected chi connectivity index (χ1v) is 13.7. The van der Waals surface area contributed by atoms with E-state index >= 15 is 0 Å². The molecule has 0 spiro atoms. The number of carbonyl (C=O) groups is 2. The van der Waals surface area contributed by atoms with Crippen LogP contribution in [0.1, 0.15) is 90.0 Å². The molecule has 1 amide bonds. The Balaban J connectivity index is 1.60. The summed E-state index contributed by atoms with van der Waals surface area (Å²) in [6.07, 6.45) is 8.31. The molecule has 1 heterocycles. The Labute approximate surface area is 215 Å². The Morgan fingerprint density at radius 2 is 1.72 bits per heavy atom. The number of hydrogen-bond donors (Lipinski definition) is 1. The zero-order valence-corrected chi connectivity index (χ0v) is 22.3. The second-order valence-electron chi connectivity index (χ2n) is 11.3. The van der Waals surface area contributed by atoms with Crippen LogP contribution in [0.3, 0.4) is 0 Å². The molecule has 0 bridgehead atoms. The number of ether oxygens (including phenoxy) is 3. The number of aliphatic hydroxyl groups excluding tert-OH is 1. The van der Waals surface area contributed by atoms with Crippen LogP contribution in [0.2, 0.25) is 0 Å². The van der Waals surface area contributed by atoms with Gasteiger partial charge in [-0.15, -0.1) is 0 Å². The maximum atomic E-state index is 13.8. The standard InChI is InChI=1S/C29H43NO6/c1-19(31)29(3)18-30(28(33)27(35-20(2)32)21-10-6-5-7-11-21)17-24(29)22-14-15-25(34-4)26(16-22)36-23-12-8-9-13-23/h14-16,19,21,23-24,27,31H,5-13,17-18H2,1-4H3/t19?,24-,27-,29-/m0/s1. The third-order valence-electron chi connectivity index (χ3n) is 8.80. The van der Waals surface area contributed by atoms with Gasteiger partial charge in [-0.05, 0) is 63.1 Å². The summed E-state index contributed by atoms with van der Waals surface area (Å²) in [6.45, 7) is 6.08. The molecule has 36 heavy (non-hydrogen) atoms. The van der Waals surface area contributed by atoms with Crippen molar-refractivity contribution in [3.8, 4) is 11.5 Å². The second-order valence-corrected chi connectivity index (χ2v) is 11.3. The minimum Gasteiger partial charge on any atom is -0.493 e. The predicted octanol–water partition coefficient (Wildman–Crippen LogP) is 4.84. The molecule has 200 valence electrons. The highest BCUT2D eigenvalue weighted by Gasteiger charge is 2.50. The summed E-state index contributed by atoms with van der Waals surface area (Å²) in [5.74, 6) is 0.823. The highest BCUT2D eigenvalue weighted by molar-refractivity contribution is 5.84. The van der Waals surface area contributed by atoms with Gasteiger partial charge in [0.1, 0.15) is 0 Å². The van der Waals surface area contributed by atoms with E-state index in [-0.39, 0.29) is 23.8 Å². The van der Waals surface area contributed by atoms with Crippen molar-refractivity contribution in [3.63, 3.8) is 0 Å². The van der Waals surface area contributed by atoms with E-state index in [9.17, 15) is 14.7 Å². The topological polar surface area (TPSA) is 85.3 Å². The Hall–Kier alpha value is -2.28. The number of carbonyl (C=O) groups excluding carboxylic acids is 2. The molecule has 4 atom stereocenters. The number of esters is 1. The van der Waals surface area contributed by atoms with Gasteiger partial charge in [0, 0.05) is 37.3 Å². The molecule has 4 rings (SSSR count). The van der Waals surface area contributed by atoms with Gasteiger partial charge < -0.3 is 24.2 Å². The van der Waals surface area contributed by atoms with E-state index in [2.05, 4.69) is 0 Å². The highest BCUT2D eigenvalue weighted by Crippen LogP contribution is 2.47. The molecular formula is C29H43NO6. The fraction of sp³-hybridized carbons (Fsp3) is 0.724. The number of aliphatic hydroxyl groups is 1. The van der Waals surface area contributed by atoms with Crippen LogP contribution in [0, 0.1) is 11.3 Å². The number of amides is 1. The van der Waals surface area contributed by atoms with Crippen molar-refractivity contribution in [2.24, 2.45) is 11.3 Å². The van der Waals surface area contributed by atoms with Crippen LogP contribution < -0.4 is 9.47 Å². The maximum Gasteiger partial charge on any atom is 0.303 e. The maximum absolute atomic E-state index is 13.8. The summed E-state index contributed by atoms with van der Waals surface area (Å²) < 4.78 is 17.5. The zero-order chi connectivity index (χ0) is 25.9. The minimum absolute atomic E-state index is 0.0550. The Morgan fingerprint density at radius 3 is 2.33 bits per heavy atom. The highest BCUT2D eigenvalue weighted by atomic mass is 16.5. The third-order valence-corrected chi connectivity index (χ3v) is 8.80. The second kappa shape index (κ2) is 11.4. The molecule has 1 aliphatic heterocycles. The lowest BCUT2D eigenvalue weighted by atomic mass is 9.72. The SMILES string of the molecule is COc1ccc([C@@H]2CN(C(=O)[C@@H](OC(C)=O)C3CCCCC3)C[C@@]2(C)C(C)O)cc1OC1CCCC1. The van der Waals surface area contributed by atoms with Crippen LogP contribution in [0.5, 0.6) is 11.5 Å². The lowest BCUT2D eigenvalue weighted by molar-refractivity contribution is -0.163. The van der Waals surface area contributed by atoms with Crippen LogP contribution in [0.25, 0.3) is 0 Å². The van der Waals surface area contributed by atoms with Crippen LogP contribution >= 0.6 is 0 Å². The third kappa shape index (κ3) is 5.66. The Morgan fingerprint density at radius 1 is 1.06 bits per heavy atom. The molecule has 1 N–H and O–H groups in total. The van der Waals surface area contributed by atoms with Crippen molar-refractivity contribution >= 4 is 11.9 Å². The van der Waals surface area contributed by atoms with Gasteiger partial charge in [-0.25, -0.2) is 0 Å². The number of benzene rings is 1. The van der Waals surface area contributed by atoms with Crippen molar-refractivity contribution < 1.29 is 28.9 Å². The Bertz CT molecular complexity index is 920. The molecule has 3 fully saturated rings. The smallest absolute Gasteiger partial charge is 0.303 e. The first-order valence-electron chi connectivity index (χ1n) is 13.7. The molecule has 1 aromatic carbocycles. The number of rotatable bonds is 8. The monoisotopic (exact) mass is 501 g/mol. The molecule has 1 saturated heterocycles. The van der Waals surface area contributed by atoms with Crippen molar-refractivity contribution in [2.45, 2.75) is 103 Å². The van der Waals surface area contributed by atoms with E-state index in [1.165, 1.54) is 19.8 Å². The van der Waals surface area contributed by atoms with E-state index in [1.54, 1.807) is 18.9 Å². The van der Waals surface area contributed by atoms with Crippen LogP contribution in [-0.4, -0.2) is 60.4 Å². The molecule has 0 aromatic heterocycles. The van der Waals surface area contributed by atoms with Gasteiger partial charge in [-0.1, -0.05) is 32.3 Å².